The zero-order chi connectivity index (χ0) is 17.2. The van der Waals surface area contributed by atoms with Crippen LogP contribution in [0.4, 0.5) is 0 Å². The van der Waals surface area contributed by atoms with Gasteiger partial charge in [-0.05, 0) is 61.3 Å². The highest BCUT2D eigenvalue weighted by Crippen LogP contribution is 2.33. The van der Waals surface area contributed by atoms with Gasteiger partial charge in [0.15, 0.2) is 9.84 Å². The Morgan fingerprint density at radius 2 is 1.92 bits per heavy atom. The van der Waals surface area contributed by atoms with Gasteiger partial charge in [-0.15, -0.1) is 0 Å². The summed E-state index contributed by atoms with van der Waals surface area (Å²) in [6, 6.07) is 15.0. The standard InChI is InChI=1S/C18H19BrClNO2S/c19-15-4-1-3-14(13-15)18-5-2-10-21(18)11-12-24(22,23)17-8-6-16(20)7-9-17/h1,3-4,6-9,13,18H,2,5,10-12H2. The molecular formula is C18H19BrClNO2S. The van der Waals surface area contributed by atoms with Crippen LogP contribution in [0.15, 0.2) is 57.9 Å². The van der Waals surface area contributed by atoms with E-state index in [1.165, 1.54) is 5.56 Å². The van der Waals surface area contributed by atoms with E-state index in [0.29, 0.717) is 22.5 Å². The van der Waals surface area contributed by atoms with Gasteiger partial charge in [0.05, 0.1) is 10.6 Å². The van der Waals surface area contributed by atoms with Gasteiger partial charge < -0.3 is 0 Å². The molecule has 1 heterocycles. The van der Waals surface area contributed by atoms with Crippen molar-refractivity contribution < 1.29 is 8.42 Å². The summed E-state index contributed by atoms with van der Waals surface area (Å²) >= 11 is 9.35. The molecule has 0 aliphatic carbocycles. The van der Waals surface area contributed by atoms with Crippen LogP contribution in [0.25, 0.3) is 0 Å². The Balaban J connectivity index is 1.70. The van der Waals surface area contributed by atoms with Gasteiger partial charge in [0, 0.05) is 22.1 Å². The van der Waals surface area contributed by atoms with Crippen LogP contribution in [0, 0.1) is 0 Å². The molecule has 1 fully saturated rings. The van der Waals surface area contributed by atoms with Crippen molar-refractivity contribution in [1.29, 1.82) is 0 Å². The van der Waals surface area contributed by atoms with Crippen molar-refractivity contribution >= 4 is 37.4 Å². The molecule has 1 unspecified atom stereocenters. The second-order valence-corrected chi connectivity index (χ2v) is 9.48. The van der Waals surface area contributed by atoms with Crippen molar-refractivity contribution in [3.63, 3.8) is 0 Å². The van der Waals surface area contributed by atoms with E-state index in [0.717, 1.165) is 23.9 Å². The van der Waals surface area contributed by atoms with Crippen LogP contribution < -0.4 is 0 Å². The first-order valence-electron chi connectivity index (χ1n) is 7.93. The van der Waals surface area contributed by atoms with E-state index in [2.05, 4.69) is 33.0 Å². The Hall–Kier alpha value is -0.880. The van der Waals surface area contributed by atoms with Gasteiger partial charge in [-0.3, -0.25) is 4.90 Å². The molecule has 3 nitrogen and oxygen atoms in total. The zero-order valence-corrected chi connectivity index (χ0v) is 16.3. The van der Waals surface area contributed by atoms with Gasteiger partial charge in [0.1, 0.15) is 0 Å². The number of nitrogens with zero attached hydrogens (tertiary/aromatic N) is 1. The molecule has 1 aliphatic rings. The second kappa shape index (κ2) is 7.56. The second-order valence-electron chi connectivity index (χ2n) is 6.02. The first-order chi connectivity index (χ1) is 11.5. The average Bonchev–Trinajstić information content (AvgIpc) is 3.02. The Bertz CT molecular complexity index is 808. The molecule has 0 N–H and O–H groups in total. The zero-order valence-electron chi connectivity index (χ0n) is 13.2. The summed E-state index contributed by atoms with van der Waals surface area (Å²) in [5.41, 5.74) is 1.24. The highest BCUT2D eigenvalue weighted by molar-refractivity contribution is 9.10. The molecule has 128 valence electrons. The normalized spacial score (nSPS) is 18.8. The van der Waals surface area contributed by atoms with Gasteiger partial charge in [0.2, 0.25) is 0 Å². The maximum Gasteiger partial charge on any atom is 0.179 e. The van der Waals surface area contributed by atoms with E-state index in [1.54, 1.807) is 24.3 Å². The summed E-state index contributed by atoms with van der Waals surface area (Å²) in [6.07, 6.45) is 2.16. The largest absolute Gasteiger partial charge is 0.295 e. The summed E-state index contributed by atoms with van der Waals surface area (Å²) in [4.78, 5) is 2.61. The minimum Gasteiger partial charge on any atom is -0.295 e. The first-order valence-corrected chi connectivity index (χ1v) is 10.8. The van der Waals surface area contributed by atoms with Crippen molar-refractivity contribution in [3.8, 4) is 0 Å². The number of likely N-dealkylation sites (tertiary alicyclic amines) is 1. The summed E-state index contributed by atoms with van der Waals surface area (Å²) in [5.74, 6) is 0.124. The lowest BCUT2D eigenvalue weighted by Gasteiger charge is -2.25. The minimum absolute atomic E-state index is 0.124. The fraction of sp³-hybridized carbons (Fsp3) is 0.333. The summed E-state index contributed by atoms with van der Waals surface area (Å²) < 4.78 is 26.1. The number of sulfone groups is 1. The highest BCUT2D eigenvalue weighted by Gasteiger charge is 2.27. The molecule has 0 saturated carbocycles. The quantitative estimate of drug-likeness (QED) is 0.692. The van der Waals surface area contributed by atoms with E-state index < -0.39 is 9.84 Å². The number of benzene rings is 2. The third-order valence-electron chi connectivity index (χ3n) is 4.42. The lowest BCUT2D eigenvalue weighted by atomic mass is 10.0. The van der Waals surface area contributed by atoms with Gasteiger partial charge in [0.25, 0.3) is 0 Å². The van der Waals surface area contributed by atoms with E-state index in [4.69, 9.17) is 11.6 Å². The predicted molar refractivity (Wildman–Crippen MR) is 101 cm³/mol. The van der Waals surface area contributed by atoms with Crippen LogP contribution in [0.5, 0.6) is 0 Å². The van der Waals surface area contributed by atoms with Gasteiger partial charge in [-0.25, -0.2) is 8.42 Å². The number of rotatable bonds is 5. The van der Waals surface area contributed by atoms with Gasteiger partial charge in [-0.2, -0.15) is 0 Å². The average molecular weight is 429 g/mol. The van der Waals surface area contributed by atoms with Crippen molar-refractivity contribution in [3.05, 3.63) is 63.6 Å². The number of hydrogen-bond acceptors (Lipinski definition) is 3. The van der Waals surface area contributed by atoms with E-state index >= 15 is 0 Å². The molecule has 3 rings (SSSR count). The smallest absolute Gasteiger partial charge is 0.179 e. The number of halogens is 2. The van der Waals surface area contributed by atoms with Gasteiger partial charge >= 0.3 is 0 Å². The maximum atomic E-state index is 12.5. The highest BCUT2D eigenvalue weighted by atomic mass is 79.9. The predicted octanol–water partition coefficient (Wildman–Crippen LogP) is 4.71. The molecule has 2 aromatic rings. The lowest BCUT2D eigenvalue weighted by Crippen LogP contribution is -2.29. The molecule has 0 radical (unpaired) electrons. The molecule has 0 bridgehead atoms. The molecule has 2 aromatic carbocycles. The molecular weight excluding hydrogens is 410 g/mol. The van der Waals surface area contributed by atoms with Crippen molar-refractivity contribution in [1.82, 2.24) is 4.90 Å². The van der Waals surface area contributed by atoms with Gasteiger partial charge in [-0.1, -0.05) is 39.7 Å². The molecule has 0 amide bonds. The van der Waals surface area contributed by atoms with Crippen LogP contribution in [-0.2, 0) is 9.84 Å². The van der Waals surface area contributed by atoms with Crippen LogP contribution in [0.1, 0.15) is 24.4 Å². The number of hydrogen-bond donors (Lipinski definition) is 0. The van der Waals surface area contributed by atoms with Crippen LogP contribution in [-0.4, -0.2) is 32.2 Å². The lowest BCUT2D eigenvalue weighted by molar-refractivity contribution is 0.272. The summed E-state index contributed by atoms with van der Waals surface area (Å²) in [5, 5.41) is 0.545. The SMILES string of the molecule is O=S(=O)(CCN1CCCC1c1cccc(Br)c1)c1ccc(Cl)cc1. The monoisotopic (exact) mass is 427 g/mol. The third kappa shape index (κ3) is 4.20. The van der Waals surface area contributed by atoms with Crippen LogP contribution in [0.3, 0.4) is 0 Å². The fourth-order valence-electron chi connectivity index (χ4n) is 3.18. The molecule has 0 spiro atoms. The minimum atomic E-state index is -3.29. The first kappa shape index (κ1) is 17.9. The molecule has 1 atom stereocenters. The molecule has 0 aromatic heterocycles. The Kier molecular flexibility index (Phi) is 5.65. The Morgan fingerprint density at radius 1 is 1.17 bits per heavy atom. The fourth-order valence-corrected chi connectivity index (χ4v) is 4.99. The van der Waals surface area contributed by atoms with E-state index in [9.17, 15) is 8.42 Å². The van der Waals surface area contributed by atoms with Crippen LogP contribution >= 0.6 is 27.5 Å². The molecule has 1 aliphatic heterocycles. The molecule has 6 heteroatoms. The molecule has 1 saturated heterocycles. The van der Waals surface area contributed by atoms with Crippen molar-refractivity contribution in [2.45, 2.75) is 23.8 Å². The summed E-state index contributed by atoms with van der Waals surface area (Å²) in [7, 11) is -3.29. The van der Waals surface area contributed by atoms with E-state index in [1.807, 2.05) is 12.1 Å². The van der Waals surface area contributed by atoms with Crippen molar-refractivity contribution in [2.75, 3.05) is 18.8 Å². The third-order valence-corrected chi connectivity index (χ3v) is 6.87. The summed E-state index contributed by atoms with van der Waals surface area (Å²) in [6.45, 7) is 1.48. The molecule has 24 heavy (non-hydrogen) atoms. The van der Waals surface area contributed by atoms with Crippen molar-refractivity contribution in [2.24, 2.45) is 0 Å². The van der Waals surface area contributed by atoms with E-state index in [-0.39, 0.29) is 5.75 Å². The Labute approximate surface area is 156 Å². The maximum absolute atomic E-state index is 12.5. The topological polar surface area (TPSA) is 37.4 Å². The van der Waals surface area contributed by atoms with Crippen LogP contribution in [0.2, 0.25) is 5.02 Å². The Morgan fingerprint density at radius 3 is 2.62 bits per heavy atom.